The van der Waals surface area contributed by atoms with E-state index in [1.165, 1.54) is 77.6 Å². The van der Waals surface area contributed by atoms with E-state index in [9.17, 15) is 0 Å². The summed E-state index contributed by atoms with van der Waals surface area (Å²) in [5.41, 5.74) is 19.9. The Hall–Kier alpha value is -6.44. The molecule has 2 aliphatic rings. The van der Waals surface area contributed by atoms with Gasteiger partial charge >= 0.3 is 0 Å². The fraction of sp³-hybridized carbons (Fsp3) is 0.133. The van der Waals surface area contributed by atoms with Gasteiger partial charge in [-0.2, -0.15) is 0 Å². The molecule has 360 valence electrons. The van der Waals surface area contributed by atoms with Crippen molar-refractivity contribution in [2.24, 2.45) is 0 Å². The summed E-state index contributed by atoms with van der Waals surface area (Å²) in [6.45, 7) is 5.07. The van der Waals surface area contributed by atoms with Crippen molar-refractivity contribution in [2.45, 2.75) is 49.9 Å². The highest BCUT2D eigenvalue weighted by molar-refractivity contribution is 9.08. The second-order valence-electron chi connectivity index (χ2n) is 18.0. The van der Waals surface area contributed by atoms with E-state index in [1.807, 2.05) is 36.9 Å². The monoisotopic (exact) mass is 1200 g/mol. The number of fused-ring (bicyclic) bond motifs is 6. The Morgan fingerprint density at radius 1 is 0.389 bits per heavy atom. The molecular weight excluding hydrogens is 1150 g/mol. The highest BCUT2D eigenvalue weighted by Gasteiger charge is 2.19. The van der Waals surface area contributed by atoms with Crippen LogP contribution in [0.15, 0.2) is 219 Å². The number of nitrogens with zero attached hydrogens (tertiary/aromatic N) is 8. The number of alkyl halides is 2. The summed E-state index contributed by atoms with van der Waals surface area (Å²) in [7, 11) is 0. The van der Waals surface area contributed by atoms with E-state index >= 15 is 0 Å². The van der Waals surface area contributed by atoms with Gasteiger partial charge in [-0.25, -0.2) is 28.2 Å². The highest BCUT2D eigenvalue weighted by atomic mass is 79.9. The molecule has 0 atom stereocenters. The smallest absolute Gasteiger partial charge is 0.245 e. The first-order valence-corrected chi connectivity index (χ1v) is 26.0. The summed E-state index contributed by atoms with van der Waals surface area (Å²) < 4.78 is 13.9. The molecule has 0 amide bonds. The summed E-state index contributed by atoms with van der Waals surface area (Å²) in [5.74, 6) is 0. The van der Waals surface area contributed by atoms with Crippen LogP contribution in [0.1, 0.15) is 44.5 Å². The van der Waals surface area contributed by atoms with Crippen LogP contribution >= 0.6 is 31.9 Å². The molecule has 0 spiro atoms. The molecule has 0 saturated heterocycles. The molecule has 6 heterocycles. The molecule has 8 bridgehead atoms. The normalized spacial score (nSPS) is 11.8. The Morgan fingerprint density at radius 2 is 0.792 bits per heavy atom. The third-order valence-electron chi connectivity index (χ3n) is 13.1. The predicted molar refractivity (Wildman–Crippen MR) is 289 cm³/mol. The first-order chi connectivity index (χ1) is 34.5. The van der Waals surface area contributed by atoms with Crippen molar-refractivity contribution in [2.75, 3.05) is 0 Å². The average molecular weight is 1200 g/mol. The molecule has 8 nitrogen and oxygen atoms in total. The van der Waals surface area contributed by atoms with Gasteiger partial charge in [0.25, 0.3) is 0 Å². The predicted octanol–water partition coefficient (Wildman–Crippen LogP) is 6.64. The summed E-state index contributed by atoms with van der Waals surface area (Å²) in [5, 5.41) is 1.88. The zero-order valence-corrected chi connectivity index (χ0v) is 45.9. The molecule has 0 unspecified atom stereocenters. The van der Waals surface area contributed by atoms with Crippen molar-refractivity contribution < 1.29 is 43.1 Å². The lowest BCUT2D eigenvalue weighted by atomic mass is 10.1. The maximum Gasteiger partial charge on any atom is 0.245 e. The number of imidazole rings is 4. The Bertz CT molecular complexity index is 3490. The first-order valence-electron chi connectivity index (χ1n) is 23.7. The van der Waals surface area contributed by atoms with Crippen molar-refractivity contribution in [1.82, 2.24) is 28.2 Å². The van der Waals surface area contributed by atoms with Crippen molar-refractivity contribution in [1.29, 1.82) is 0 Å². The number of aromatic nitrogens is 8. The summed E-state index contributed by atoms with van der Waals surface area (Å²) >= 11 is 6.78. The molecule has 12 aromatic rings. The number of rotatable bonds is 6. The summed E-state index contributed by atoms with van der Waals surface area (Å²) in [4.78, 5) is 8.97. The zero-order valence-electron chi connectivity index (χ0n) is 39.5. The molecule has 0 N–H and O–H groups in total. The topological polar surface area (TPSA) is 53.3 Å². The third kappa shape index (κ3) is 11.4. The van der Waals surface area contributed by atoms with Gasteiger partial charge in [0.15, 0.2) is 22.1 Å². The third-order valence-corrected chi connectivity index (χ3v) is 14.4. The minimum absolute atomic E-state index is 0. The van der Waals surface area contributed by atoms with Crippen LogP contribution in [-0.2, 0) is 49.9 Å². The second-order valence-corrected chi connectivity index (χ2v) is 19.1. The molecule has 0 fully saturated rings. The minimum atomic E-state index is 0. The van der Waals surface area contributed by atoms with E-state index in [-0.39, 0.29) is 34.0 Å². The number of hydrogen-bond donors (Lipinski definition) is 0. The van der Waals surface area contributed by atoms with Gasteiger partial charge in [-0.15, -0.1) is 0 Å². The lowest BCUT2D eigenvalue weighted by Crippen LogP contribution is -3.00. The molecule has 14 rings (SSSR count). The molecule has 0 saturated carbocycles. The average Bonchev–Trinajstić information content (AvgIpc) is 4.19. The lowest BCUT2D eigenvalue weighted by molar-refractivity contribution is -0.664. The van der Waals surface area contributed by atoms with Crippen molar-refractivity contribution in [3.05, 3.63) is 264 Å². The molecule has 4 aromatic heterocycles. The fourth-order valence-electron chi connectivity index (χ4n) is 9.56. The van der Waals surface area contributed by atoms with Gasteiger partial charge in [-0.1, -0.05) is 171 Å². The van der Waals surface area contributed by atoms with Crippen LogP contribution < -0.4 is 43.1 Å². The molecule has 8 aromatic carbocycles. The Balaban J connectivity index is 0.000000149. The number of halogens is 4. The Labute approximate surface area is 457 Å². The van der Waals surface area contributed by atoms with Crippen LogP contribution in [0.4, 0.5) is 0 Å². The highest BCUT2D eigenvalue weighted by Crippen LogP contribution is 2.21. The van der Waals surface area contributed by atoms with E-state index in [1.54, 1.807) is 0 Å². The van der Waals surface area contributed by atoms with Crippen LogP contribution in [0.3, 0.4) is 0 Å². The van der Waals surface area contributed by atoms with Crippen molar-refractivity contribution in [3.63, 3.8) is 0 Å². The zero-order chi connectivity index (χ0) is 47.2. The maximum absolute atomic E-state index is 4.48. The molecule has 72 heavy (non-hydrogen) atoms. The van der Waals surface area contributed by atoms with E-state index in [2.05, 4.69) is 252 Å². The van der Waals surface area contributed by atoms with E-state index < -0.39 is 0 Å². The van der Waals surface area contributed by atoms with Crippen LogP contribution in [-0.4, -0.2) is 28.2 Å². The maximum atomic E-state index is 4.48. The lowest BCUT2D eigenvalue weighted by Gasteiger charge is -2.09. The second kappa shape index (κ2) is 23.4. The van der Waals surface area contributed by atoms with Gasteiger partial charge in [0, 0.05) is 23.7 Å². The summed E-state index contributed by atoms with van der Waals surface area (Å²) in [6, 6.07) is 69.3. The van der Waals surface area contributed by atoms with E-state index in [4.69, 9.17) is 0 Å². The van der Waals surface area contributed by atoms with Gasteiger partial charge in [0.1, 0.15) is 26.2 Å². The van der Waals surface area contributed by atoms with Crippen LogP contribution in [0.2, 0.25) is 0 Å². The Kier molecular flexibility index (Phi) is 16.4. The van der Waals surface area contributed by atoms with Crippen molar-refractivity contribution >= 4 is 76.0 Å². The molecule has 0 radical (unpaired) electrons. The Morgan fingerprint density at radius 3 is 1.24 bits per heavy atom. The fourth-order valence-corrected chi connectivity index (χ4v) is 10.3. The summed E-state index contributed by atoms with van der Waals surface area (Å²) in [6.07, 6.45) is 8.37. The molecular formula is C60H52Br4N8. The van der Waals surface area contributed by atoms with Crippen LogP contribution in [0, 0.1) is 0 Å². The standard InChI is InChI=1S/C30H26N4.C22H18N4.C8H8Br2.2BrH/c1-3-10-29-27(8-1)31-17-23-12-14-24(15-13-23)18-32-22-34(30-11-4-2-9-28(30)32)20-26-7-5-6-25(16-26)19-33(29)21-31;1-3-10-21-19(8-1)23-15-25(21)13-17-6-5-7-18(12-17)14-26-16-24-20-9-2-4-11-22(20)26;9-5-7-1-2-8(6-10)4-3-7;;/h1-16,21-22H,17-20H2;1-12,15-16H,13-14H2;1-4H,5-6H2;2*1H/q+2;;;;/p-2. The molecule has 2 aliphatic heterocycles. The van der Waals surface area contributed by atoms with Crippen molar-refractivity contribution in [3.8, 4) is 0 Å². The number of para-hydroxylation sites is 8. The quantitative estimate of drug-likeness (QED) is 0.139. The van der Waals surface area contributed by atoms with Gasteiger partial charge in [0.05, 0.1) is 34.7 Å². The van der Waals surface area contributed by atoms with E-state index in [0.29, 0.717) is 0 Å². The molecule has 0 aliphatic carbocycles. The largest absolute Gasteiger partial charge is 1.00 e. The van der Waals surface area contributed by atoms with Gasteiger partial charge in [-0.05, 0) is 99.1 Å². The van der Waals surface area contributed by atoms with Gasteiger partial charge in [0.2, 0.25) is 12.7 Å². The SMILES string of the molecule is BrCc1ccc(CBr)cc1.[Br-].[Br-].c1cc(Cn2cnc3ccccc32)cc(Cn2cnc3ccccc32)c1.c1cc2cc(c1)C[n+]1cn(c3ccccc31)Cc1ccc(cc1)Cn1c[n+](c3ccccc31)C2. The van der Waals surface area contributed by atoms with Crippen LogP contribution in [0.25, 0.3) is 44.1 Å². The van der Waals surface area contributed by atoms with Gasteiger partial charge < -0.3 is 43.1 Å². The minimum Gasteiger partial charge on any atom is -1.00 e. The first kappa shape index (κ1) is 50.5. The van der Waals surface area contributed by atoms with Gasteiger partial charge in [-0.3, -0.25) is 0 Å². The molecule has 12 heteroatoms. The van der Waals surface area contributed by atoms with E-state index in [0.717, 1.165) is 61.0 Å². The van der Waals surface area contributed by atoms with Crippen LogP contribution in [0.5, 0.6) is 0 Å². The number of hydrogen-bond acceptors (Lipinski definition) is 2. The number of benzene rings is 8.